The van der Waals surface area contributed by atoms with Crippen LogP contribution in [-0.2, 0) is 9.53 Å². The van der Waals surface area contributed by atoms with Crippen LogP contribution >= 0.6 is 11.8 Å². The zero-order chi connectivity index (χ0) is 13.9. The van der Waals surface area contributed by atoms with E-state index in [2.05, 4.69) is 0 Å². The van der Waals surface area contributed by atoms with Crippen molar-refractivity contribution >= 4 is 23.8 Å². The van der Waals surface area contributed by atoms with Crippen molar-refractivity contribution < 1.29 is 19.4 Å². The SMILES string of the molecule is CS[C@H](C(=O)O)C1CCCN1C(=O)OC(C)(C)C. The number of carboxylic acid groups (broad SMARTS) is 1. The van der Waals surface area contributed by atoms with Crippen LogP contribution in [0.5, 0.6) is 0 Å². The number of thioether (sulfide) groups is 1. The Bertz CT molecular complexity index is 327. The van der Waals surface area contributed by atoms with Gasteiger partial charge in [0.05, 0.1) is 6.04 Å². The molecule has 1 heterocycles. The first-order valence-corrected chi connectivity index (χ1v) is 7.30. The molecule has 0 spiro atoms. The number of carboxylic acids is 1. The van der Waals surface area contributed by atoms with Crippen molar-refractivity contribution in [2.75, 3.05) is 12.8 Å². The molecule has 1 saturated heterocycles. The minimum Gasteiger partial charge on any atom is -0.480 e. The maximum absolute atomic E-state index is 12.0. The summed E-state index contributed by atoms with van der Waals surface area (Å²) in [6, 6.07) is -0.271. The Balaban J connectivity index is 2.75. The highest BCUT2D eigenvalue weighted by atomic mass is 32.2. The number of nitrogens with zero attached hydrogens (tertiary/aromatic N) is 1. The highest BCUT2D eigenvalue weighted by molar-refractivity contribution is 8.00. The van der Waals surface area contributed by atoms with E-state index in [0.29, 0.717) is 6.54 Å². The van der Waals surface area contributed by atoms with Gasteiger partial charge in [-0.1, -0.05) is 0 Å². The van der Waals surface area contributed by atoms with Crippen molar-refractivity contribution in [3.05, 3.63) is 0 Å². The normalized spacial score (nSPS) is 21.8. The Hall–Kier alpha value is -0.910. The van der Waals surface area contributed by atoms with E-state index in [4.69, 9.17) is 9.84 Å². The molecule has 0 bridgehead atoms. The largest absolute Gasteiger partial charge is 0.480 e. The molecule has 1 unspecified atom stereocenters. The van der Waals surface area contributed by atoms with Crippen molar-refractivity contribution in [1.29, 1.82) is 0 Å². The zero-order valence-electron chi connectivity index (χ0n) is 11.3. The minimum atomic E-state index is -0.872. The zero-order valence-corrected chi connectivity index (χ0v) is 12.1. The van der Waals surface area contributed by atoms with Gasteiger partial charge in [0.1, 0.15) is 10.9 Å². The molecule has 0 aromatic rings. The number of ether oxygens (including phenoxy) is 1. The number of carbonyl (C=O) groups is 2. The van der Waals surface area contributed by atoms with Crippen LogP contribution in [0, 0.1) is 0 Å². The van der Waals surface area contributed by atoms with E-state index in [1.165, 1.54) is 11.8 Å². The van der Waals surface area contributed by atoms with Gasteiger partial charge >= 0.3 is 12.1 Å². The van der Waals surface area contributed by atoms with Crippen LogP contribution in [0.15, 0.2) is 0 Å². The van der Waals surface area contributed by atoms with Gasteiger partial charge in [-0.3, -0.25) is 4.79 Å². The molecule has 1 fully saturated rings. The van der Waals surface area contributed by atoms with E-state index in [1.54, 1.807) is 31.9 Å². The Morgan fingerprint density at radius 3 is 2.50 bits per heavy atom. The van der Waals surface area contributed by atoms with Gasteiger partial charge < -0.3 is 14.7 Å². The van der Waals surface area contributed by atoms with E-state index in [0.717, 1.165) is 12.8 Å². The van der Waals surface area contributed by atoms with Gasteiger partial charge in [-0.2, -0.15) is 0 Å². The smallest absolute Gasteiger partial charge is 0.410 e. The van der Waals surface area contributed by atoms with Gasteiger partial charge in [-0.15, -0.1) is 11.8 Å². The van der Waals surface area contributed by atoms with Crippen LogP contribution in [-0.4, -0.2) is 51.8 Å². The lowest BCUT2D eigenvalue weighted by Crippen LogP contribution is -2.46. The molecule has 104 valence electrons. The van der Waals surface area contributed by atoms with E-state index in [-0.39, 0.29) is 6.04 Å². The second-order valence-corrected chi connectivity index (χ2v) is 6.36. The summed E-state index contributed by atoms with van der Waals surface area (Å²) in [5.74, 6) is -0.872. The molecule has 1 aliphatic heterocycles. The summed E-state index contributed by atoms with van der Waals surface area (Å²) < 4.78 is 5.31. The molecular weight excluding hydrogens is 254 g/mol. The van der Waals surface area contributed by atoms with Gasteiger partial charge in [0.2, 0.25) is 0 Å². The van der Waals surface area contributed by atoms with Crippen LogP contribution in [0.3, 0.4) is 0 Å². The topological polar surface area (TPSA) is 66.8 Å². The van der Waals surface area contributed by atoms with Crippen molar-refractivity contribution in [2.45, 2.75) is 50.5 Å². The summed E-state index contributed by atoms with van der Waals surface area (Å²) in [5.41, 5.74) is -0.553. The highest BCUT2D eigenvalue weighted by Gasteiger charge is 2.39. The van der Waals surface area contributed by atoms with Crippen LogP contribution in [0.1, 0.15) is 33.6 Å². The standard InChI is InChI=1S/C12H21NO4S/c1-12(2,3)17-11(16)13-7-5-6-8(13)9(18-4)10(14)15/h8-9H,5-7H2,1-4H3,(H,14,15)/t8?,9-/m0/s1. The first-order chi connectivity index (χ1) is 8.26. The lowest BCUT2D eigenvalue weighted by molar-refractivity contribution is -0.137. The predicted molar refractivity (Wildman–Crippen MR) is 70.9 cm³/mol. The average molecular weight is 275 g/mol. The summed E-state index contributed by atoms with van der Waals surface area (Å²) in [6.07, 6.45) is 2.89. The molecule has 0 radical (unpaired) electrons. The summed E-state index contributed by atoms with van der Waals surface area (Å²) in [5, 5.41) is 8.58. The minimum absolute atomic E-state index is 0.271. The summed E-state index contributed by atoms with van der Waals surface area (Å²) in [7, 11) is 0. The van der Waals surface area contributed by atoms with Crippen molar-refractivity contribution in [1.82, 2.24) is 4.90 Å². The van der Waals surface area contributed by atoms with Crippen molar-refractivity contribution in [3.8, 4) is 0 Å². The fraction of sp³-hybridized carbons (Fsp3) is 0.833. The van der Waals surface area contributed by atoms with E-state index in [9.17, 15) is 9.59 Å². The fourth-order valence-corrected chi connectivity index (χ4v) is 2.88. The highest BCUT2D eigenvalue weighted by Crippen LogP contribution is 2.28. The predicted octanol–water partition coefficient (Wildman–Crippen LogP) is 2.20. The summed E-state index contributed by atoms with van der Waals surface area (Å²) in [4.78, 5) is 24.7. The van der Waals surface area contributed by atoms with E-state index >= 15 is 0 Å². The number of likely N-dealkylation sites (tertiary alicyclic amines) is 1. The third-order valence-electron chi connectivity index (χ3n) is 2.77. The lowest BCUT2D eigenvalue weighted by atomic mass is 10.1. The maximum Gasteiger partial charge on any atom is 0.410 e. The second-order valence-electron chi connectivity index (χ2n) is 5.38. The van der Waals surface area contributed by atoms with Crippen molar-refractivity contribution in [2.24, 2.45) is 0 Å². The van der Waals surface area contributed by atoms with Crippen LogP contribution in [0.2, 0.25) is 0 Å². The molecule has 0 aromatic carbocycles. The first kappa shape index (κ1) is 15.1. The quantitative estimate of drug-likeness (QED) is 0.855. The average Bonchev–Trinajstić information content (AvgIpc) is 2.64. The summed E-state index contributed by atoms with van der Waals surface area (Å²) >= 11 is 1.27. The molecule has 1 amide bonds. The van der Waals surface area contributed by atoms with Gasteiger partial charge in [-0.25, -0.2) is 4.79 Å². The Kier molecular flexibility index (Phi) is 4.90. The fourth-order valence-electron chi connectivity index (χ4n) is 2.08. The Morgan fingerprint density at radius 1 is 1.44 bits per heavy atom. The number of carbonyl (C=O) groups excluding carboxylic acids is 1. The Labute approximate surface area is 112 Å². The number of rotatable bonds is 3. The molecule has 0 aromatic heterocycles. The molecule has 0 aliphatic carbocycles. The number of hydrogen-bond donors (Lipinski definition) is 1. The van der Waals surface area contributed by atoms with Crippen LogP contribution in [0.25, 0.3) is 0 Å². The van der Waals surface area contributed by atoms with Gasteiger partial charge in [0.25, 0.3) is 0 Å². The van der Waals surface area contributed by atoms with Crippen molar-refractivity contribution in [3.63, 3.8) is 0 Å². The van der Waals surface area contributed by atoms with E-state index < -0.39 is 22.9 Å². The molecule has 0 saturated carbocycles. The maximum atomic E-state index is 12.0. The van der Waals surface area contributed by atoms with Gasteiger partial charge in [0, 0.05) is 6.54 Å². The number of amides is 1. The molecule has 6 heteroatoms. The first-order valence-electron chi connectivity index (χ1n) is 6.01. The molecular formula is C12H21NO4S. The molecule has 18 heavy (non-hydrogen) atoms. The molecule has 2 atom stereocenters. The molecule has 5 nitrogen and oxygen atoms in total. The lowest BCUT2D eigenvalue weighted by Gasteiger charge is -2.30. The van der Waals surface area contributed by atoms with Gasteiger partial charge in [-0.05, 0) is 39.9 Å². The third-order valence-corrected chi connectivity index (χ3v) is 3.80. The monoisotopic (exact) mass is 275 g/mol. The molecule has 1 rings (SSSR count). The number of hydrogen-bond acceptors (Lipinski definition) is 4. The van der Waals surface area contributed by atoms with Gasteiger partial charge in [0.15, 0.2) is 0 Å². The second kappa shape index (κ2) is 5.82. The third kappa shape index (κ3) is 3.80. The van der Waals surface area contributed by atoms with Crippen LogP contribution in [0.4, 0.5) is 4.79 Å². The van der Waals surface area contributed by atoms with Crippen LogP contribution < -0.4 is 0 Å². The molecule has 1 N–H and O–H groups in total. The number of aliphatic carboxylic acids is 1. The molecule has 1 aliphatic rings. The Morgan fingerprint density at radius 2 is 2.06 bits per heavy atom. The van der Waals surface area contributed by atoms with E-state index in [1.807, 2.05) is 0 Å². The summed E-state index contributed by atoms with van der Waals surface area (Å²) in [6.45, 7) is 5.99.